The number of alkyl halides is 2. The van der Waals surface area contributed by atoms with Gasteiger partial charge in [-0.05, 0) is 0 Å². The number of rotatable bonds is 0. The first-order chi connectivity index (χ1) is 5.46. The molecule has 1 heterocycles. The Hall–Kier alpha value is -1.31. The second-order valence-electron chi connectivity index (χ2n) is 2.65. The molecule has 12 heavy (non-hydrogen) atoms. The van der Waals surface area contributed by atoms with Crippen LogP contribution in [0.4, 0.5) is 13.6 Å². The number of carbonyl (C=O) groups is 1. The van der Waals surface area contributed by atoms with Crippen molar-refractivity contribution in [3.8, 4) is 12.3 Å². The molecule has 0 unspecified atom stereocenters. The fourth-order valence-corrected chi connectivity index (χ4v) is 1.17. The van der Waals surface area contributed by atoms with Crippen molar-refractivity contribution in [1.29, 1.82) is 0 Å². The Balaban J connectivity index is 2.78. The molecule has 1 atom stereocenters. The summed E-state index contributed by atoms with van der Waals surface area (Å²) in [5, 5.41) is 8.44. The zero-order valence-corrected chi connectivity index (χ0v) is 6.13. The van der Waals surface area contributed by atoms with Crippen LogP contribution in [0.1, 0.15) is 6.42 Å². The molecular weight excluding hydrogens is 168 g/mol. The number of halogens is 2. The SMILES string of the molecule is C#C[C@H]1CC(F)(F)CN1C(=O)O. The summed E-state index contributed by atoms with van der Waals surface area (Å²) in [6, 6.07) is -0.988. The molecule has 66 valence electrons. The first kappa shape index (κ1) is 8.78. The van der Waals surface area contributed by atoms with Crippen molar-refractivity contribution < 1.29 is 18.7 Å². The maximum absolute atomic E-state index is 12.6. The molecule has 0 saturated carbocycles. The van der Waals surface area contributed by atoms with E-state index in [1.807, 2.05) is 5.92 Å². The zero-order chi connectivity index (χ0) is 9.35. The van der Waals surface area contributed by atoms with E-state index in [-0.39, 0.29) is 0 Å². The van der Waals surface area contributed by atoms with Crippen LogP contribution in [0.3, 0.4) is 0 Å². The molecule has 1 aliphatic heterocycles. The van der Waals surface area contributed by atoms with Gasteiger partial charge in [0.05, 0.1) is 6.54 Å². The van der Waals surface area contributed by atoms with Crippen molar-refractivity contribution in [2.75, 3.05) is 6.54 Å². The average Bonchev–Trinajstić information content (AvgIpc) is 2.25. The first-order valence-corrected chi connectivity index (χ1v) is 3.30. The molecule has 0 radical (unpaired) electrons. The molecule has 0 aromatic rings. The molecule has 0 spiro atoms. The van der Waals surface area contributed by atoms with Crippen molar-refractivity contribution in [2.24, 2.45) is 0 Å². The Morgan fingerprint density at radius 3 is 2.67 bits per heavy atom. The lowest BCUT2D eigenvalue weighted by molar-refractivity contribution is 0.0128. The molecule has 1 aliphatic rings. The summed E-state index contributed by atoms with van der Waals surface area (Å²) in [5.74, 6) is -0.961. The highest BCUT2D eigenvalue weighted by molar-refractivity contribution is 5.66. The van der Waals surface area contributed by atoms with Gasteiger partial charge in [-0.25, -0.2) is 13.6 Å². The van der Waals surface area contributed by atoms with E-state index in [1.54, 1.807) is 0 Å². The minimum atomic E-state index is -2.98. The van der Waals surface area contributed by atoms with Crippen molar-refractivity contribution in [2.45, 2.75) is 18.4 Å². The third-order valence-corrected chi connectivity index (χ3v) is 1.71. The Labute approximate surface area is 68.0 Å². The molecule has 0 aromatic heterocycles. The van der Waals surface area contributed by atoms with E-state index in [2.05, 4.69) is 0 Å². The number of likely N-dealkylation sites (tertiary alicyclic amines) is 1. The Kier molecular flexibility index (Phi) is 1.92. The highest BCUT2D eigenvalue weighted by Gasteiger charge is 2.46. The van der Waals surface area contributed by atoms with Crippen molar-refractivity contribution in [3.05, 3.63) is 0 Å². The number of carboxylic acid groups (broad SMARTS) is 1. The molecule has 1 amide bonds. The van der Waals surface area contributed by atoms with Crippen LogP contribution in [-0.4, -0.2) is 34.6 Å². The summed E-state index contributed by atoms with van der Waals surface area (Å²) in [7, 11) is 0. The van der Waals surface area contributed by atoms with E-state index >= 15 is 0 Å². The number of hydrogen-bond acceptors (Lipinski definition) is 1. The average molecular weight is 175 g/mol. The second kappa shape index (κ2) is 2.63. The third kappa shape index (κ3) is 1.47. The van der Waals surface area contributed by atoms with Gasteiger partial charge in [0, 0.05) is 6.42 Å². The van der Waals surface area contributed by atoms with E-state index in [4.69, 9.17) is 11.5 Å². The molecule has 1 saturated heterocycles. The van der Waals surface area contributed by atoms with Crippen LogP contribution in [0.2, 0.25) is 0 Å². The largest absolute Gasteiger partial charge is 0.465 e. The van der Waals surface area contributed by atoms with Crippen LogP contribution in [0, 0.1) is 12.3 Å². The van der Waals surface area contributed by atoms with E-state index in [1.165, 1.54) is 0 Å². The van der Waals surface area contributed by atoms with Crippen LogP contribution in [0.15, 0.2) is 0 Å². The molecular formula is C7H7F2NO2. The first-order valence-electron chi connectivity index (χ1n) is 3.30. The normalized spacial score (nSPS) is 26.8. The summed E-state index contributed by atoms with van der Waals surface area (Å²) in [6.45, 7) is -0.794. The molecule has 5 heteroatoms. The molecule has 1 N–H and O–H groups in total. The predicted octanol–water partition coefficient (Wildman–Crippen LogP) is 1.01. The van der Waals surface area contributed by atoms with Crippen LogP contribution in [0.5, 0.6) is 0 Å². The fourth-order valence-electron chi connectivity index (χ4n) is 1.17. The summed E-state index contributed by atoms with van der Waals surface area (Å²) >= 11 is 0. The van der Waals surface area contributed by atoms with E-state index in [9.17, 15) is 13.6 Å². The van der Waals surface area contributed by atoms with Gasteiger partial charge in [-0.2, -0.15) is 0 Å². The fraction of sp³-hybridized carbons (Fsp3) is 0.571. The second-order valence-corrected chi connectivity index (χ2v) is 2.65. The Bertz CT molecular complexity index is 246. The van der Waals surface area contributed by atoms with Crippen molar-refractivity contribution in [1.82, 2.24) is 4.90 Å². The molecule has 3 nitrogen and oxygen atoms in total. The van der Waals surface area contributed by atoms with E-state index in [0.29, 0.717) is 4.90 Å². The van der Waals surface area contributed by atoms with Crippen molar-refractivity contribution in [3.63, 3.8) is 0 Å². The minimum Gasteiger partial charge on any atom is -0.465 e. The van der Waals surface area contributed by atoms with E-state index in [0.717, 1.165) is 0 Å². The van der Waals surface area contributed by atoms with Gasteiger partial charge in [0.1, 0.15) is 6.04 Å². The standard InChI is InChI=1S/C7H7F2NO2/c1-2-5-3-7(8,9)4-10(5)6(11)12/h1,5H,3-4H2,(H,11,12)/t5-/m0/s1. The van der Waals surface area contributed by atoms with Crippen LogP contribution in [0.25, 0.3) is 0 Å². The summed E-state index contributed by atoms with van der Waals surface area (Å²) in [5.41, 5.74) is 0. The van der Waals surface area contributed by atoms with Crippen molar-refractivity contribution >= 4 is 6.09 Å². The minimum absolute atomic E-state index is 0.574. The van der Waals surface area contributed by atoms with Gasteiger partial charge in [-0.1, -0.05) is 5.92 Å². The van der Waals surface area contributed by atoms with Gasteiger partial charge < -0.3 is 5.11 Å². The quantitative estimate of drug-likeness (QED) is 0.558. The molecule has 1 fully saturated rings. The molecule has 0 aromatic carbocycles. The van der Waals surface area contributed by atoms with E-state index < -0.39 is 31.0 Å². The molecule has 0 aliphatic carbocycles. The number of nitrogens with zero attached hydrogens (tertiary/aromatic N) is 1. The highest BCUT2D eigenvalue weighted by atomic mass is 19.3. The lowest BCUT2D eigenvalue weighted by atomic mass is 10.2. The lowest BCUT2D eigenvalue weighted by Crippen LogP contribution is -2.34. The maximum atomic E-state index is 12.6. The van der Waals surface area contributed by atoms with Gasteiger partial charge in [-0.3, -0.25) is 4.90 Å². The monoisotopic (exact) mass is 175 g/mol. The Morgan fingerprint density at radius 2 is 2.33 bits per heavy atom. The molecule has 0 bridgehead atoms. The van der Waals surface area contributed by atoms with Crippen LogP contribution in [-0.2, 0) is 0 Å². The van der Waals surface area contributed by atoms with Gasteiger partial charge in [0.15, 0.2) is 0 Å². The van der Waals surface area contributed by atoms with Crippen LogP contribution < -0.4 is 0 Å². The molecule has 1 rings (SSSR count). The van der Waals surface area contributed by atoms with Gasteiger partial charge in [0.25, 0.3) is 5.92 Å². The summed E-state index contributed by atoms with van der Waals surface area (Å²) in [6.07, 6.45) is 2.93. The van der Waals surface area contributed by atoms with Gasteiger partial charge in [0.2, 0.25) is 0 Å². The topological polar surface area (TPSA) is 40.5 Å². The van der Waals surface area contributed by atoms with Crippen LogP contribution >= 0.6 is 0 Å². The zero-order valence-electron chi connectivity index (χ0n) is 6.13. The highest BCUT2D eigenvalue weighted by Crippen LogP contribution is 2.31. The lowest BCUT2D eigenvalue weighted by Gasteiger charge is -2.14. The number of hydrogen-bond donors (Lipinski definition) is 1. The summed E-state index contributed by atoms with van der Waals surface area (Å²) < 4.78 is 25.2. The maximum Gasteiger partial charge on any atom is 0.408 e. The van der Waals surface area contributed by atoms with Gasteiger partial charge >= 0.3 is 6.09 Å². The summed E-state index contributed by atoms with van der Waals surface area (Å²) in [4.78, 5) is 10.9. The van der Waals surface area contributed by atoms with Gasteiger partial charge in [-0.15, -0.1) is 6.42 Å². The number of amides is 1. The smallest absolute Gasteiger partial charge is 0.408 e. The number of terminal acetylenes is 1. The Morgan fingerprint density at radius 1 is 1.75 bits per heavy atom. The third-order valence-electron chi connectivity index (χ3n) is 1.71. The predicted molar refractivity (Wildman–Crippen MR) is 36.9 cm³/mol.